The molecule has 1 aromatic rings. The van der Waals surface area contributed by atoms with Gasteiger partial charge in [0.25, 0.3) is 0 Å². The summed E-state index contributed by atoms with van der Waals surface area (Å²) in [4.78, 5) is 16.0. The van der Waals surface area contributed by atoms with Gasteiger partial charge in [-0.05, 0) is 31.4 Å². The van der Waals surface area contributed by atoms with Crippen LogP contribution in [0.2, 0.25) is 5.02 Å². The number of allylic oxidation sites excluding steroid dienone is 1. The molecule has 134 valence electrons. The van der Waals surface area contributed by atoms with E-state index >= 15 is 0 Å². The number of nitrogens with zero attached hydrogens (tertiary/aromatic N) is 2. The first-order chi connectivity index (χ1) is 11.7. The van der Waals surface area contributed by atoms with E-state index in [4.69, 9.17) is 11.6 Å². The maximum absolute atomic E-state index is 14.4. The van der Waals surface area contributed by atoms with Crippen molar-refractivity contribution in [2.45, 2.75) is 37.3 Å². The number of alkyl halides is 3. The van der Waals surface area contributed by atoms with Crippen molar-refractivity contribution in [1.29, 1.82) is 0 Å². The lowest BCUT2D eigenvalue weighted by Gasteiger charge is -2.46. The molecule has 1 aromatic carbocycles. The molecule has 3 rings (SSSR count). The van der Waals surface area contributed by atoms with Gasteiger partial charge >= 0.3 is 12.1 Å². The molecule has 0 spiro atoms. The standard InChI is InChI=1S/C16H14ClF4N3O/c17-11-5-1-4-10(12(11)18)15(6-2-7-15)23-14-22-8-3-9-24(14)13(25)16(19,20)21/h1,3-5,8-9,14,23H,2,6-7H2. The minimum atomic E-state index is -5.04. The van der Waals surface area contributed by atoms with E-state index in [1.165, 1.54) is 24.4 Å². The molecule has 1 aliphatic carbocycles. The molecule has 1 fully saturated rings. The van der Waals surface area contributed by atoms with Gasteiger partial charge in [0.05, 0.1) is 5.02 Å². The molecule has 0 aromatic heterocycles. The molecule has 1 amide bonds. The van der Waals surface area contributed by atoms with Crippen LogP contribution in [-0.4, -0.2) is 29.5 Å². The van der Waals surface area contributed by atoms with Crippen LogP contribution in [0.1, 0.15) is 24.8 Å². The van der Waals surface area contributed by atoms with Gasteiger partial charge in [-0.15, -0.1) is 0 Å². The van der Waals surface area contributed by atoms with E-state index in [0.29, 0.717) is 17.7 Å². The monoisotopic (exact) mass is 375 g/mol. The molecule has 0 bridgehead atoms. The first-order valence-corrected chi connectivity index (χ1v) is 7.94. The molecule has 0 radical (unpaired) electrons. The lowest BCUT2D eigenvalue weighted by Crippen LogP contribution is -2.59. The third-order valence-electron chi connectivity index (χ3n) is 4.38. The van der Waals surface area contributed by atoms with Gasteiger partial charge in [-0.2, -0.15) is 13.2 Å². The Morgan fingerprint density at radius 3 is 2.68 bits per heavy atom. The van der Waals surface area contributed by atoms with Crippen LogP contribution >= 0.6 is 11.6 Å². The minimum Gasteiger partial charge on any atom is -0.275 e. The van der Waals surface area contributed by atoms with E-state index < -0.39 is 29.7 Å². The van der Waals surface area contributed by atoms with Crippen molar-refractivity contribution in [2.24, 2.45) is 4.99 Å². The molecule has 1 atom stereocenters. The highest BCUT2D eigenvalue weighted by Gasteiger charge is 2.48. The third kappa shape index (κ3) is 3.28. The summed E-state index contributed by atoms with van der Waals surface area (Å²) in [5, 5.41) is 2.84. The van der Waals surface area contributed by atoms with Crippen LogP contribution in [0.25, 0.3) is 0 Å². The summed E-state index contributed by atoms with van der Waals surface area (Å²) in [6, 6.07) is 4.50. The molecular weight excluding hydrogens is 362 g/mol. The zero-order valence-electron chi connectivity index (χ0n) is 12.9. The second kappa shape index (κ2) is 6.42. The van der Waals surface area contributed by atoms with E-state index in [2.05, 4.69) is 10.3 Å². The Morgan fingerprint density at radius 2 is 2.08 bits per heavy atom. The number of nitrogens with one attached hydrogen (secondary N) is 1. The third-order valence-corrected chi connectivity index (χ3v) is 4.67. The lowest BCUT2D eigenvalue weighted by molar-refractivity contribution is -0.185. The summed E-state index contributed by atoms with van der Waals surface area (Å²) < 4.78 is 52.8. The minimum absolute atomic E-state index is 0.0687. The van der Waals surface area contributed by atoms with Crippen molar-refractivity contribution in [2.75, 3.05) is 0 Å². The maximum atomic E-state index is 14.4. The Kier molecular flexibility index (Phi) is 4.59. The molecule has 1 N–H and O–H groups in total. The van der Waals surface area contributed by atoms with Gasteiger partial charge in [-0.3, -0.25) is 20.0 Å². The number of benzene rings is 1. The predicted molar refractivity (Wildman–Crippen MR) is 84.4 cm³/mol. The van der Waals surface area contributed by atoms with Gasteiger partial charge in [-0.1, -0.05) is 23.7 Å². The van der Waals surface area contributed by atoms with E-state index in [9.17, 15) is 22.4 Å². The average Bonchev–Trinajstić information content (AvgIpc) is 2.53. The normalized spacial score (nSPS) is 22.0. The van der Waals surface area contributed by atoms with Crippen LogP contribution < -0.4 is 5.32 Å². The SMILES string of the molecule is O=C(N1C=CC=NC1NC1(c2cccc(Cl)c2F)CCC1)C(F)(F)F. The fourth-order valence-corrected chi connectivity index (χ4v) is 3.16. The van der Waals surface area contributed by atoms with Crippen molar-refractivity contribution < 1.29 is 22.4 Å². The van der Waals surface area contributed by atoms with Gasteiger partial charge in [0.2, 0.25) is 0 Å². The van der Waals surface area contributed by atoms with Crippen molar-refractivity contribution in [3.05, 3.63) is 46.9 Å². The predicted octanol–water partition coefficient (Wildman–Crippen LogP) is 3.72. The number of amides is 1. The fourth-order valence-electron chi connectivity index (χ4n) is 2.99. The van der Waals surface area contributed by atoms with E-state index in [1.807, 2.05) is 0 Å². The number of hydrogen-bond acceptors (Lipinski definition) is 3. The van der Waals surface area contributed by atoms with Crippen LogP contribution in [0.3, 0.4) is 0 Å². The van der Waals surface area contributed by atoms with E-state index in [1.54, 1.807) is 6.07 Å². The second-order valence-corrected chi connectivity index (χ2v) is 6.31. The van der Waals surface area contributed by atoms with Gasteiger partial charge in [0.15, 0.2) is 6.29 Å². The quantitative estimate of drug-likeness (QED) is 0.818. The zero-order chi connectivity index (χ0) is 18.2. The molecular formula is C16H14ClF4N3O. The van der Waals surface area contributed by atoms with E-state index in [0.717, 1.165) is 12.6 Å². The van der Waals surface area contributed by atoms with Crippen LogP contribution in [-0.2, 0) is 10.3 Å². The van der Waals surface area contributed by atoms with Crippen LogP contribution in [0, 0.1) is 5.82 Å². The average molecular weight is 376 g/mol. The number of halogens is 5. The molecule has 1 unspecified atom stereocenters. The smallest absolute Gasteiger partial charge is 0.275 e. The summed E-state index contributed by atoms with van der Waals surface area (Å²) in [5.74, 6) is -2.67. The second-order valence-electron chi connectivity index (χ2n) is 5.90. The lowest BCUT2D eigenvalue weighted by atomic mass is 9.71. The Morgan fingerprint density at radius 1 is 1.36 bits per heavy atom. The molecule has 1 aliphatic heterocycles. The summed E-state index contributed by atoms with van der Waals surface area (Å²) >= 11 is 5.83. The van der Waals surface area contributed by atoms with Crippen LogP contribution in [0.15, 0.2) is 35.5 Å². The highest BCUT2D eigenvalue weighted by molar-refractivity contribution is 6.30. The Hall–Kier alpha value is -1.93. The molecule has 2 aliphatic rings. The number of carbonyl (C=O) groups excluding carboxylic acids is 1. The summed E-state index contributed by atoms with van der Waals surface area (Å²) in [6.07, 6.45) is -1.04. The largest absolute Gasteiger partial charge is 0.471 e. The summed E-state index contributed by atoms with van der Waals surface area (Å²) in [7, 11) is 0. The van der Waals surface area contributed by atoms with Gasteiger partial charge < -0.3 is 0 Å². The molecule has 1 saturated carbocycles. The summed E-state index contributed by atoms with van der Waals surface area (Å²) in [6.45, 7) is 0. The first-order valence-electron chi connectivity index (χ1n) is 7.56. The maximum Gasteiger partial charge on any atom is 0.471 e. The van der Waals surface area contributed by atoms with Crippen molar-refractivity contribution >= 4 is 23.7 Å². The van der Waals surface area contributed by atoms with Gasteiger partial charge in [0.1, 0.15) is 5.82 Å². The highest BCUT2D eigenvalue weighted by atomic mass is 35.5. The Labute approximate surface area is 146 Å². The zero-order valence-corrected chi connectivity index (χ0v) is 13.6. The molecule has 4 nitrogen and oxygen atoms in total. The number of carbonyl (C=O) groups is 1. The van der Waals surface area contributed by atoms with Crippen LogP contribution in [0.5, 0.6) is 0 Å². The van der Waals surface area contributed by atoms with Gasteiger partial charge in [-0.25, -0.2) is 4.39 Å². The Bertz CT molecular complexity index is 743. The van der Waals surface area contributed by atoms with E-state index in [-0.39, 0.29) is 10.6 Å². The fraction of sp³-hybridized carbons (Fsp3) is 0.375. The molecule has 1 heterocycles. The van der Waals surface area contributed by atoms with Crippen molar-refractivity contribution in [3.63, 3.8) is 0 Å². The molecule has 0 saturated heterocycles. The topological polar surface area (TPSA) is 44.7 Å². The molecule has 9 heteroatoms. The van der Waals surface area contributed by atoms with Crippen molar-refractivity contribution in [1.82, 2.24) is 10.2 Å². The van der Waals surface area contributed by atoms with Gasteiger partial charge in [0, 0.05) is 23.5 Å². The highest BCUT2D eigenvalue weighted by Crippen LogP contribution is 2.44. The Balaban J connectivity index is 1.90. The number of aliphatic imine (C=N–C) groups is 1. The summed E-state index contributed by atoms with van der Waals surface area (Å²) in [5.41, 5.74) is -0.665. The molecule has 25 heavy (non-hydrogen) atoms. The number of rotatable bonds is 3. The number of hydrogen-bond donors (Lipinski definition) is 1. The van der Waals surface area contributed by atoms with Crippen molar-refractivity contribution in [3.8, 4) is 0 Å². The van der Waals surface area contributed by atoms with Crippen LogP contribution in [0.4, 0.5) is 17.6 Å². The first kappa shape index (κ1) is 17.9.